The van der Waals surface area contributed by atoms with Crippen molar-refractivity contribution in [2.24, 2.45) is 0 Å². The minimum atomic E-state index is -2.00. The second-order valence-electron chi connectivity index (χ2n) is 6.42. The fourth-order valence-electron chi connectivity index (χ4n) is 1.56. The Balaban J connectivity index is 0. The third kappa shape index (κ3) is 13.7. The van der Waals surface area contributed by atoms with Gasteiger partial charge in [0, 0.05) is 21.1 Å². The SMILES string of the molecule is C[Si](O[Si](C)(C)C)O[Si](C)(C)O[Si](C)(C)C.[W]. The molecule has 0 aromatic carbocycles. The van der Waals surface area contributed by atoms with Gasteiger partial charge in [-0.25, -0.2) is 0 Å². The number of hydrogen-bond donors (Lipinski definition) is 0. The predicted octanol–water partition coefficient (Wildman–Crippen LogP) is 3.52. The molecule has 0 aliphatic heterocycles. The van der Waals surface area contributed by atoms with Gasteiger partial charge in [-0.15, -0.1) is 0 Å². The third-order valence-corrected chi connectivity index (χ3v) is 12.5. The second-order valence-corrected chi connectivity index (χ2v) is 21.1. The molecule has 0 aromatic rings. The number of hydrogen-bond acceptors (Lipinski definition) is 3. The van der Waals surface area contributed by atoms with Crippen molar-refractivity contribution < 1.29 is 33.4 Å². The van der Waals surface area contributed by atoms with Crippen molar-refractivity contribution in [1.29, 1.82) is 0 Å². The summed E-state index contributed by atoms with van der Waals surface area (Å²) in [5.41, 5.74) is 0. The average Bonchev–Trinajstić information content (AvgIpc) is 1.70. The summed E-state index contributed by atoms with van der Waals surface area (Å²) in [6.45, 7) is 19.5. The summed E-state index contributed by atoms with van der Waals surface area (Å²) < 4.78 is 18.2. The van der Waals surface area contributed by atoms with Crippen molar-refractivity contribution in [1.82, 2.24) is 0 Å². The van der Waals surface area contributed by atoms with Crippen LogP contribution in [0.25, 0.3) is 0 Å². The van der Waals surface area contributed by atoms with Crippen molar-refractivity contribution in [2.45, 2.75) is 58.9 Å². The fourth-order valence-corrected chi connectivity index (χ4v) is 14.8. The molecule has 0 saturated heterocycles. The molecule has 0 unspecified atom stereocenters. The summed E-state index contributed by atoms with van der Waals surface area (Å²) in [5.74, 6) is 0. The molecule has 0 bridgehead atoms. The third-order valence-electron chi connectivity index (χ3n) is 1.39. The maximum absolute atomic E-state index is 6.13. The Bertz CT molecular complexity index is 225. The van der Waals surface area contributed by atoms with E-state index in [1.807, 2.05) is 0 Å². The van der Waals surface area contributed by atoms with Crippen LogP contribution in [0.15, 0.2) is 0 Å². The zero-order chi connectivity index (χ0) is 13.2. The monoisotopic (exact) mass is 479 g/mol. The molecule has 1 radical (unpaired) electrons. The molecule has 103 valence electrons. The Morgan fingerprint density at radius 1 is 0.706 bits per heavy atom. The molecule has 0 aliphatic carbocycles. The van der Waals surface area contributed by atoms with E-state index in [4.69, 9.17) is 12.3 Å². The van der Waals surface area contributed by atoms with Crippen molar-refractivity contribution in [2.75, 3.05) is 0 Å². The molecule has 0 atom stereocenters. The minimum absolute atomic E-state index is 0. The summed E-state index contributed by atoms with van der Waals surface area (Å²) in [5, 5.41) is 0. The van der Waals surface area contributed by atoms with E-state index in [9.17, 15) is 0 Å². The molecule has 0 N–H and O–H groups in total. The molecular weight excluding hydrogens is 452 g/mol. The van der Waals surface area contributed by atoms with Crippen LogP contribution in [0.5, 0.6) is 0 Å². The van der Waals surface area contributed by atoms with Crippen LogP contribution in [-0.2, 0) is 33.4 Å². The molecule has 0 spiro atoms. The van der Waals surface area contributed by atoms with E-state index < -0.39 is 34.5 Å². The van der Waals surface area contributed by atoms with Crippen molar-refractivity contribution in [3.8, 4) is 0 Å². The standard InChI is InChI=1S/C9H27O3Si4.W/c1-13(10-14(2,3)4)11-16(8,9)12-15(5,6)7;/h1-9H3;. The van der Waals surface area contributed by atoms with Gasteiger partial charge in [0.15, 0.2) is 16.6 Å². The van der Waals surface area contributed by atoms with E-state index in [0.717, 1.165) is 0 Å². The molecule has 8 heteroatoms. The first-order valence-corrected chi connectivity index (χ1v) is 17.2. The Morgan fingerprint density at radius 2 is 1.12 bits per heavy atom. The van der Waals surface area contributed by atoms with Crippen LogP contribution in [0.2, 0.25) is 58.9 Å². The maximum atomic E-state index is 6.13. The minimum Gasteiger partial charge on any atom is -0.437 e. The molecule has 0 saturated carbocycles. The van der Waals surface area contributed by atoms with Crippen molar-refractivity contribution >= 4 is 34.5 Å². The summed E-state index contributed by atoms with van der Waals surface area (Å²) in [6.07, 6.45) is 0. The zero-order valence-corrected chi connectivity index (χ0v) is 19.6. The van der Waals surface area contributed by atoms with Crippen LogP contribution in [0.3, 0.4) is 0 Å². The van der Waals surface area contributed by atoms with E-state index in [1.165, 1.54) is 0 Å². The quantitative estimate of drug-likeness (QED) is 0.546. The molecule has 0 amide bonds. The van der Waals surface area contributed by atoms with Gasteiger partial charge in [0.1, 0.15) is 0 Å². The molecule has 0 rings (SSSR count). The smallest absolute Gasteiger partial charge is 0.360 e. The maximum Gasteiger partial charge on any atom is 0.360 e. The van der Waals surface area contributed by atoms with Gasteiger partial charge in [-0.1, -0.05) is 0 Å². The molecule has 0 aromatic heterocycles. The Kier molecular flexibility index (Phi) is 8.88. The number of rotatable bonds is 6. The molecule has 3 nitrogen and oxygen atoms in total. The summed E-state index contributed by atoms with van der Waals surface area (Å²) in [6, 6.07) is 0. The normalized spacial score (nSPS) is 13.8. The van der Waals surface area contributed by atoms with E-state index in [2.05, 4.69) is 58.9 Å². The van der Waals surface area contributed by atoms with Crippen LogP contribution in [0.4, 0.5) is 0 Å². The molecule has 0 aliphatic rings. The van der Waals surface area contributed by atoms with Gasteiger partial charge in [-0.3, -0.25) is 0 Å². The first-order chi connectivity index (χ1) is 6.81. The van der Waals surface area contributed by atoms with E-state index in [1.54, 1.807) is 0 Å². The summed E-state index contributed by atoms with van der Waals surface area (Å²) in [4.78, 5) is 0. The van der Waals surface area contributed by atoms with Gasteiger partial charge in [-0.2, -0.15) is 0 Å². The van der Waals surface area contributed by atoms with Crippen LogP contribution >= 0.6 is 0 Å². The van der Waals surface area contributed by atoms with Crippen LogP contribution in [-0.4, -0.2) is 34.5 Å². The van der Waals surface area contributed by atoms with Gasteiger partial charge in [-0.05, 0) is 58.9 Å². The van der Waals surface area contributed by atoms with E-state index in [-0.39, 0.29) is 21.1 Å². The van der Waals surface area contributed by atoms with Crippen LogP contribution in [0, 0.1) is 0 Å². The summed E-state index contributed by atoms with van der Waals surface area (Å²) >= 11 is 0. The van der Waals surface area contributed by atoms with E-state index in [0.29, 0.717) is 0 Å². The van der Waals surface area contributed by atoms with Gasteiger partial charge in [0.25, 0.3) is 0 Å². The summed E-state index contributed by atoms with van der Waals surface area (Å²) in [7, 11) is -6.14. The van der Waals surface area contributed by atoms with Gasteiger partial charge in [0.2, 0.25) is 0 Å². The van der Waals surface area contributed by atoms with Crippen LogP contribution < -0.4 is 0 Å². The fraction of sp³-hybridized carbons (Fsp3) is 1.00. The molecule has 0 heterocycles. The van der Waals surface area contributed by atoms with Gasteiger partial charge in [0.05, 0.1) is 0 Å². The first kappa shape index (κ1) is 20.7. The zero-order valence-electron chi connectivity index (χ0n) is 12.6. The van der Waals surface area contributed by atoms with Gasteiger partial charge < -0.3 is 12.3 Å². The Hall–Kier alpha value is 1.44. The molecular formula is C9H27O3Si4W. The average molecular weight is 479 g/mol. The van der Waals surface area contributed by atoms with Gasteiger partial charge >= 0.3 is 17.8 Å². The first-order valence-electron chi connectivity index (χ1n) is 5.72. The Morgan fingerprint density at radius 3 is 1.41 bits per heavy atom. The van der Waals surface area contributed by atoms with E-state index >= 15 is 0 Å². The topological polar surface area (TPSA) is 27.7 Å². The predicted molar refractivity (Wildman–Crippen MR) is 79.0 cm³/mol. The van der Waals surface area contributed by atoms with Crippen molar-refractivity contribution in [3.05, 3.63) is 0 Å². The largest absolute Gasteiger partial charge is 0.437 e. The van der Waals surface area contributed by atoms with Crippen molar-refractivity contribution in [3.63, 3.8) is 0 Å². The molecule has 17 heavy (non-hydrogen) atoms. The second kappa shape index (κ2) is 7.28. The molecule has 0 fully saturated rings. The van der Waals surface area contributed by atoms with Crippen LogP contribution in [0.1, 0.15) is 0 Å². The Labute approximate surface area is 126 Å².